The van der Waals surface area contributed by atoms with Crippen LogP contribution in [0.4, 0.5) is 0 Å². The molecule has 2 aromatic rings. The second kappa shape index (κ2) is 7.11. The van der Waals surface area contributed by atoms with Crippen molar-refractivity contribution in [3.05, 3.63) is 59.4 Å². The summed E-state index contributed by atoms with van der Waals surface area (Å²) >= 11 is 0. The summed E-state index contributed by atoms with van der Waals surface area (Å²) in [5.74, 6) is -0.595. The Bertz CT molecular complexity index is 731. The molecule has 0 spiro atoms. The Hall–Kier alpha value is -2.24. The van der Waals surface area contributed by atoms with Gasteiger partial charge in [0.25, 0.3) is 0 Å². The molecule has 1 unspecified atom stereocenters. The van der Waals surface area contributed by atoms with E-state index in [2.05, 4.69) is 0 Å². The van der Waals surface area contributed by atoms with Crippen LogP contribution in [0.3, 0.4) is 0 Å². The predicted octanol–water partition coefficient (Wildman–Crippen LogP) is 2.01. The van der Waals surface area contributed by atoms with Crippen molar-refractivity contribution >= 4 is 11.6 Å². The standard InChI is InChI=1S/C19H23NO4/c1-19(2,12-21)18(24)17(23)15-10-14(11-20(15)3)16(22)9-13-7-5-4-6-8-13/h4-8,10-11,18,21,24H,9,12H2,1-3H3. The van der Waals surface area contributed by atoms with E-state index in [0.717, 1.165) is 5.56 Å². The molecule has 0 aliphatic heterocycles. The van der Waals surface area contributed by atoms with E-state index in [-0.39, 0.29) is 24.5 Å². The lowest BCUT2D eigenvalue weighted by Gasteiger charge is -2.27. The van der Waals surface area contributed by atoms with E-state index in [1.165, 1.54) is 10.6 Å². The number of aromatic nitrogens is 1. The van der Waals surface area contributed by atoms with Crippen LogP contribution >= 0.6 is 0 Å². The van der Waals surface area contributed by atoms with Gasteiger partial charge in [0.2, 0.25) is 5.78 Å². The minimum absolute atomic E-state index is 0.0910. The van der Waals surface area contributed by atoms with E-state index in [4.69, 9.17) is 0 Å². The van der Waals surface area contributed by atoms with Crippen molar-refractivity contribution in [1.82, 2.24) is 4.57 Å². The van der Waals surface area contributed by atoms with Gasteiger partial charge in [-0.3, -0.25) is 9.59 Å². The van der Waals surface area contributed by atoms with Crippen LogP contribution in [0.1, 0.15) is 40.3 Å². The molecule has 0 aliphatic rings. The van der Waals surface area contributed by atoms with Gasteiger partial charge in [-0.05, 0) is 11.6 Å². The summed E-state index contributed by atoms with van der Waals surface area (Å²) < 4.78 is 1.54. The van der Waals surface area contributed by atoms with E-state index >= 15 is 0 Å². The van der Waals surface area contributed by atoms with Gasteiger partial charge in [-0.15, -0.1) is 0 Å². The summed E-state index contributed by atoms with van der Waals surface area (Å²) in [6.45, 7) is 2.91. The summed E-state index contributed by atoms with van der Waals surface area (Å²) in [4.78, 5) is 24.9. The lowest BCUT2D eigenvalue weighted by Crippen LogP contribution is -2.39. The molecule has 0 bridgehead atoms. The highest BCUT2D eigenvalue weighted by Gasteiger charge is 2.34. The number of carbonyl (C=O) groups is 2. The maximum atomic E-state index is 12.5. The van der Waals surface area contributed by atoms with Crippen molar-refractivity contribution in [2.24, 2.45) is 12.5 Å². The maximum absolute atomic E-state index is 12.5. The van der Waals surface area contributed by atoms with Gasteiger partial charge in [0.15, 0.2) is 5.78 Å². The van der Waals surface area contributed by atoms with Crippen molar-refractivity contribution in [2.75, 3.05) is 6.61 Å². The summed E-state index contributed by atoms with van der Waals surface area (Å²) in [5.41, 5.74) is 0.634. The van der Waals surface area contributed by atoms with Gasteiger partial charge in [0.05, 0.1) is 12.3 Å². The zero-order chi connectivity index (χ0) is 17.9. The number of rotatable bonds is 7. The Morgan fingerprint density at radius 1 is 1.21 bits per heavy atom. The molecule has 0 saturated carbocycles. The Labute approximate surface area is 141 Å². The molecule has 1 atom stereocenters. The van der Waals surface area contributed by atoms with E-state index in [9.17, 15) is 19.8 Å². The van der Waals surface area contributed by atoms with E-state index in [1.807, 2.05) is 30.3 Å². The predicted molar refractivity (Wildman–Crippen MR) is 91.1 cm³/mol. The van der Waals surface area contributed by atoms with Crippen molar-refractivity contribution in [3.63, 3.8) is 0 Å². The smallest absolute Gasteiger partial charge is 0.208 e. The molecule has 1 heterocycles. The van der Waals surface area contributed by atoms with E-state index < -0.39 is 17.3 Å². The van der Waals surface area contributed by atoms with Crippen LogP contribution < -0.4 is 0 Å². The van der Waals surface area contributed by atoms with Crippen LogP contribution in [0, 0.1) is 5.41 Å². The number of aryl methyl sites for hydroxylation is 1. The zero-order valence-electron chi connectivity index (χ0n) is 14.2. The van der Waals surface area contributed by atoms with Gasteiger partial charge >= 0.3 is 0 Å². The number of benzene rings is 1. The molecule has 2 rings (SSSR count). The number of ketones is 2. The van der Waals surface area contributed by atoms with Gasteiger partial charge in [0.1, 0.15) is 6.10 Å². The monoisotopic (exact) mass is 329 g/mol. The average molecular weight is 329 g/mol. The quantitative estimate of drug-likeness (QED) is 0.762. The number of Topliss-reactive ketones (excluding diaryl/α,β-unsaturated/α-hetero) is 2. The van der Waals surface area contributed by atoms with Crippen molar-refractivity contribution in [1.29, 1.82) is 0 Å². The Balaban J connectivity index is 2.21. The highest BCUT2D eigenvalue weighted by molar-refractivity contribution is 6.03. The molecule has 0 aliphatic carbocycles. The number of hydrogen-bond acceptors (Lipinski definition) is 4. The van der Waals surface area contributed by atoms with Crippen LogP contribution in [-0.4, -0.2) is 39.1 Å². The van der Waals surface area contributed by atoms with Crippen molar-refractivity contribution in [2.45, 2.75) is 26.4 Å². The van der Waals surface area contributed by atoms with Gasteiger partial charge in [0, 0.05) is 30.6 Å². The molecule has 24 heavy (non-hydrogen) atoms. The fourth-order valence-electron chi connectivity index (χ4n) is 2.43. The third-order valence-corrected chi connectivity index (χ3v) is 4.18. The molecule has 128 valence electrons. The van der Waals surface area contributed by atoms with Crippen LogP contribution in [0.25, 0.3) is 0 Å². The first-order chi connectivity index (χ1) is 11.3. The minimum Gasteiger partial charge on any atom is -0.396 e. The molecule has 1 aromatic heterocycles. The third-order valence-electron chi connectivity index (χ3n) is 4.18. The van der Waals surface area contributed by atoms with Crippen molar-refractivity contribution < 1.29 is 19.8 Å². The van der Waals surface area contributed by atoms with Crippen molar-refractivity contribution in [3.8, 4) is 0 Å². The van der Waals surface area contributed by atoms with Gasteiger partial charge in [-0.25, -0.2) is 0 Å². The topological polar surface area (TPSA) is 79.5 Å². The van der Waals surface area contributed by atoms with Gasteiger partial charge in [-0.2, -0.15) is 0 Å². The van der Waals surface area contributed by atoms with Gasteiger partial charge in [-0.1, -0.05) is 44.2 Å². The third kappa shape index (κ3) is 3.80. The Morgan fingerprint density at radius 3 is 2.42 bits per heavy atom. The summed E-state index contributed by atoms with van der Waals surface area (Å²) in [7, 11) is 1.66. The number of aliphatic hydroxyl groups is 2. The van der Waals surface area contributed by atoms with Gasteiger partial charge < -0.3 is 14.8 Å². The number of carbonyl (C=O) groups excluding carboxylic acids is 2. The molecule has 0 fully saturated rings. The molecule has 1 aromatic carbocycles. The first-order valence-electron chi connectivity index (χ1n) is 7.83. The molecule has 0 amide bonds. The zero-order valence-corrected chi connectivity index (χ0v) is 14.2. The highest BCUT2D eigenvalue weighted by atomic mass is 16.3. The minimum atomic E-state index is -1.34. The number of aliphatic hydroxyl groups excluding tert-OH is 2. The Morgan fingerprint density at radius 2 is 1.83 bits per heavy atom. The van der Waals surface area contributed by atoms with Crippen LogP contribution in [0.5, 0.6) is 0 Å². The second-order valence-corrected chi connectivity index (χ2v) is 6.72. The largest absolute Gasteiger partial charge is 0.396 e. The molecular formula is C19H23NO4. The maximum Gasteiger partial charge on any atom is 0.208 e. The second-order valence-electron chi connectivity index (χ2n) is 6.72. The fraction of sp³-hybridized carbons (Fsp3) is 0.368. The lowest BCUT2D eigenvalue weighted by molar-refractivity contribution is 0.0123. The van der Waals surface area contributed by atoms with E-state index in [1.54, 1.807) is 27.1 Å². The molecular weight excluding hydrogens is 306 g/mol. The molecule has 0 saturated heterocycles. The number of hydrogen-bond donors (Lipinski definition) is 2. The molecule has 5 nitrogen and oxygen atoms in total. The van der Waals surface area contributed by atoms with Crippen LogP contribution in [-0.2, 0) is 13.5 Å². The Kier molecular flexibility index (Phi) is 5.36. The molecule has 2 N–H and O–H groups in total. The van der Waals surface area contributed by atoms with E-state index in [0.29, 0.717) is 5.56 Å². The lowest BCUT2D eigenvalue weighted by atomic mass is 9.84. The summed E-state index contributed by atoms with van der Waals surface area (Å²) in [6, 6.07) is 10.9. The first kappa shape index (κ1) is 18.1. The summed E-state index contributed by atoms with van der Waals surface area (Å²) in [5, 5.41) is 19.5. The highest BCUT2D eigenvalue weighted by Crippen LogP contribution is 2.24. The number of nitrogens with zero attached hydrogens (tertiary/aromatic N) is 1. The molecule has 0 radical (unpaired) electrons. The SMILES string of the molecule is Cn1cc(C(=O)Cc2ccccc2)cc1C(=O)C(O)C(C)(C)CO. The fourth-order valence-corrected chi connectivity index (χ4v) is 2.43. The average Bonchev–Trinajstić information content (AvgIpc) is 2.96. The summed E-state index contributed by atoms with van der Waals surface area (Å²) in [6.07, 6.45) is 0.508. The normalized spacial score (nSPS) is 12.9. The molecule has 5 heteroatoms. The van der Waals surface area contributed by atoms with Crippen LogP contribution in [0.15, 0.2) is 42.6 Å². The first-order valence-corrected chi connectivity index (χ1v) is 7.83. The van der Waals surface area contributed by atoms with Crippen LogP contribution in [0.2, 0.25) is 0 Å².